The summed E-state index contributed by atoms with van der Waals surface area (Å²) in [5.41, 5.74) is 2.45. The highest BCUT2D eigenvalue weighted by atomic mass is 32.1. The van der Waals surface area contributed by atoms with Crippen LogP contribution in [-0.4, -0.2) is 42.1 Å². The molecule has 2 aromatic heterocycles. The normalized spacial score (nSPS) is 19.8. The Morgan fingerprint density at radius 2 is 1.94 bits per heavy atom. The first-order valence-electron chi connectivity index (χ1n) is 12.8. The van der Waals surface area contributed by atoms with Gasteiger partial charge in [0, 0.05) is 30.1 Å². The van der Waals surface area contributed by atoms with Crippen LogP contribution in [0.15, 0.2) is 34.4 Å². The van der Waals surface area contributed by atoms with Crippen molar-refractivity contribution in [2.24, 2.45) is 5.92 Å². The van der Waals surface area contributed by atoms with E-state index in [0.29, 0.717) is 28.8 Å². The van der Waals surface area contributed by atoms with Gasteiger partial charge in [-0.15, -0.1) is 11.3 Å². The Morgan fingerprint density at radius 3 is 2.74 bits per heavy atom. The van der Waals surface area contributed by atoms with Crippen molar-refractivity contribution in [3.05, 3.63) is 40.0 Å². The lowest BCUT2D eigenvalue weighted by atomic mass is 9.94. The molecule has 2 N–H and O–H groups in total. The molecule has 2 fully saturated rings. The Morgan fingerprint density at radius 1 is 1.14 bits per heavy atom. The second kappa shape index (κ2) is 10.8. The summed E-state index contributed by atoms with van der Waals surface area (Å²) in [5.74, 6) is 1.38. The van der Waals surface area contributed by atoms with Crippen LogP contribution in [0.2, 0.25) is 0 Å². The van der Waals surface area contributed by atoms with Crippen molar-refractivity contribution in [2.45, 2.75) is 63.8 Å². The second-order valence-electron chi connectivity index (χ2n) is 9.78. The maximum absolute atomic E-state index is 13.1. The largest absolute Gasteiger partial charge is 0.497 e. The van der Waals surface area contributed by atoms with Gasteiger partial charge in [-0.25, -0.2) is 4.98 Å². The van der Waals surface area contributed by atoms with E-state index < -0.39 is 0 Å². The summed E-state index contributed by atoms with van der Waals surface area (Å²) in [5, 5.41) is 5.32. The molecule has 8 heteroatoms. The van der Waals surface area contributed by atoms with E-state index in [-0.39, 0.29) is 17.4 Å². The first-order valence-corrected chi connectivity index (χ1v) is 13.7. The van der Waals surface area contributed by atoms with Crippen molar-refractivity contribution in [3.8, 4) is 16.9 Å². The smallest absolute Gasteiger partial charge is 0.270 e. The Balaban J connectivity index is 1.35. The van der Waals surface area contributed by atoms with Crippen LogP contribution in [0.1, 0.15) is 57.8 Å². The number of hydrogen-bond acceptors (Lipinski definition) is 6. The summed E-state index contributed by atoms with van der Waals surface area (Å²) < 4.78 is 5.99. The van der Waals surface area contributed by atoms with Gasteiger partial charge in [-0.05, 0) is 43.4 Å². The maximum atomic E-state index is 13.1. The molecule has 0 spiro atoms. The Labute approximate surface area is 209 Å². The number of nitrogens with zero attached hydrogens (tertiary/aromatic N) is 2. The number of carbonyl (C=O) groups excluding carboxylic acids is 1. The third-order valence-electron chi connectivity index (χ3n) is 7.34. The van der Waals surface area contributed by atoms with Gasteiger partial charge in [-0.2, -0.15) is 0 Å². The first kappa shape index (κ1) is 23.9. The maximum Gasteiger partial charge on any atom is 0.270 e. The van der Waals surface area contributed by atoms with E-state index in [4.69, 9.17) is 9.72 Å². The van der Waals surface area contributed by atoms with E-state index in [9.17, 15) is 9.59 Å². The topological polar surface area (TPSA) is 87.3 Å². The second-order valence-corrected chi connectivity index (χ2v) is 10.7. The lowest BCUT2D eigenvalue weighted by molar-refractivity contribution is -0.126. The Bertz CT molecular complexity index is 1230. The van der Waals surface area contributed by atoms with Crippen molar-refractivity contribution in [1.82, 2.24) is 15.3 Å². The summed E-state index contributed by atoms with van der Waals surface area (Å²) in [7, 11) is 1.64. The van der Waals surface area contributed by atoms with Crippen LogP contribution in [0.25, 0.3) is 21.3 Å². The fraction of sp³-hybridized carbons (Fsp3) is 0.519. The third kappa shape index (κ3) is 5.37. The fourth-order valence-electron chi connectivity index (χ4n) is 5.36. The van der Waals surface area contributed by atoms with Crippen molar-refractivity contribution < 1.29 is 9.53 Å². The third-order valence-corrected chi connectivity index (χ3v) is 8.31. The number of piperidine rings is 1. The van der Waals surface area contributed by atoms with Crippen molar-refractivity contribution in [2.75, 3.05) is 25.1 Å². The zero-order chi connectivity index (χ0) is 24.2. The molecule has 1 aromatic carbocycles. The highest BCUT2D eigenvalue weighted by Gasteiger charge is 2.29. The number of hydrogen-bond donors (Lipinski definition) is 2. The highest BCUT2D eigenvalue weighted by Crippen LogP contribution is 2.34. The van der Waals surface area contributed by atoms with E-state index in [1.54, 1.807) is 7.11 Å². The summed E-state index contributed by atoms with van der Waals surface area (Å²) in [6.45, 7) is 1.35. The van der Waals surface area contributed by atoms with Crippen LogP contribution < -0.4 is 20.5 Å². The summed E-state index contributed by atoms with van der Waals surface area (Å²) in [4.78, 5) is 36.0. The van der Waals surface area contributed by atoms with E-state index in [1.165, 1.54) is 43.4 Å². The number of fused-ring (bicyclic) bond motifs is 1. The summed E-state index contributed by atoms with van der Waals surface area (Å²) >= 11 is 1.40. The standard InChI is InChI=1S/C27H34N4O3S/c1-34-21-13-7-9-18(15-21)22-17-35-24-23(22)29-27(30-26(24)33)31-14-8-10-19(16-31)25(32)28-20-11-5-3-2-4-6-12-20/h7,9,13,15,17,19-20H,2-6,8,10-12,14,16H2,1H3,(H,28,32)(H,29,30,33). The number of rotatable bonds is 5. The molecule has 1 saturated heterocycles. The van der Waals surface area contributed by atoms with E-state index >= 15 is 0 Å². The van der Waals surface area contributed by atoms with Gasteiger partial charge < -0.3 is 15.0 Å². The number of benzene rings is 1. The molecular weight excluding hydrogens is 460 g/mol. The molecule has 3 heterocycles. The molecule has 1 saturated carbocycles. The minimum atomic E-state index is -0.134. The van der Waals surface area contributed by atoms with Gasteiger partial charge in [0.1, 0.15) is 10.4 Å². The molecule has 2 aliphatic rings. The number of anilines is 1. The average Bonchev–Trinajstić information content (AvgIpc) is 3.30. The molecular formula is C27H34N4O3S. The quantitative estimate of drug-likeness (QED) is 0.515. The van der Waals surface area contributed by atoms with Crippen molar-refractivity contribution in [3.63, 3.8) is 0 Å². The number of H-pyrrole nitrogens is 1. The number of ether oxygens (including phenoxy) is 1. The van der Waals surface area contributed by atoms with Crippen LogP contribution in [0.3, 0.4) is 0 Å². The molecule has 5 rings (SSSR count). The lowest BCUT2D eigenvalue weighted by Crippen LogP contribution is -2.46. The van der Waals surface area contributed by atoms with Crippen LogP contribution in [-0.2, 0) is 4.79 Å². The molecule has 3 aromatic rings. The number of amides is 1. The number of aromatic nitrogens is 2. The van der Waals surface area contributed by atoms with E-state index in [2.05, 4.69) is 15.2 Å². The number of aromatic amines is 1. The fourth-order valence-corrected chi connectivity index (χ4v) is 6.27. The summed E-state index contributed by atoms with van der Waals surface area (Å²) in [6, 6.07) is 8.10. The molecule has 186 valence electrons. The van der Waals surface area contributed by atoms with Gasteiger partial charge in [0.2, 0.25) is 11.9 Å². The van der Waals surface area contributed by atoms with Crippen molar-refractivity contribution in [1.29, 1.82) is 0 Å². The number of carbonyl (C=O) groups is 1. The zero-order valence-electron chi connectivity index (χ0n) is 20.3. The van der Waals surface area contributed by atoms with Crippen LogP contribution in [0.5, 0.6) is 5.75 Å². The lowest BCUT2D eigenvalue weighted by Gasteiger charge is -2.33. The van der Waals surface area contributed by atoms with Crippen molar-refractivity contribution >= 4 is 33.4 Å². The number of thiophene rings is 1. The summed E-state index contributed by atoms with van der Waals surface area (Å²) in [6.07, 6.45) is 10.2. The SMILES string of the molecule is COc1cccc(-c2csc3c(=O)[nH]c(N4CCCC(C(=O)NC5CCCCCCC5)C4)nc23)c1. The van der Waals surface area contributed by atoms with Gasteiger partial charge in [0.15, 0.2) is 0 Å². The zero-order valence-corrected chi connectivity index (χ0v) is 21.2. The molecule has 1 aliphatic heterocycles. The van der Waals surface area contributed by atoms with Crippen LogP contribution in [0, 0.1) is 5.92 Å². The molecule has 1 aliphatic carbocycles. The first-order chi connectivity index (χ1) is 17.1. The molecule has 0 bridgehead atoms. The Kier molecular flexibility index (Phi) is 7.37. The van der Waals surface area contributed by atoms with Gasteiger partial charge in [0.05, 0.1) is 18.5 Å². The molecule has 1 unspecified atom stereocenters. The molecule has 7 nitrogen and oxygen atoms in total. The van der Waals surface area contributed by atoms with E-state index in [1.807, 2.05) is 29.6 Å². The molecule has 35 heavy (non-hydrogen) atoms. The monoisotopic (exact) mass is 494 g/mol. The van der Waals surface area contributed by atoms with Gasteiger partial charge in [-0.3, -0.25) is 14.6 Å². The Hall–Kier alpha value is -2.87. The van der Waals surface area contributed by atoms with Crippen LogP contribution in [0.4, 0.5) is 5.95 Å². The predicted molar refractivity (Wildman–Crippen MR) is 141 cm³/mol. The molecule has 0 radical (unpaired) electrons. The minimum absolute atomic E-state index is 0.0875. The number of nitrogens with one attached hydrogen (secondary N) is 2. The molecule has 1 amide bonds. The van der Waals surface area contributed by atoms with Gasteiger partial charge in [0.25, 0.3) is 5.56 Å². The van der Waals surface area contributed by atoms with Gasteiger partial charge in [-0.1, -0.05) is 44.2 Å². The predicted octanol–water partition coefficient (Wildman–Crippen LogP) is 5.11. The number of methoxy groups -OCH3 is 1. The highest BCUT2D eigenvalue weighted by molar-refractivity contribution is 7.17. The molecule has 1 atom stereocenters. The van der Waals surface area contributed by atoms with E-state index in [0.717, 1.165) is 49.1 Å². The minimum Gasteiger partial charge on any atom is -0.497 e. The van der Waals surface area contributed by atoms with Crippen LogP contribution >= 0.6 is 11.3 Å². The average molecular weight is 495 g/mol. The van der Waals surface area contributed by atoms with Gasteiger partial charge >= 0.3 is 0 Å².